The summed E-state index contributed by atoms with van der Waals surface area (Å²) in [5, 5.41) is 21.6. The Labute approximate surface area is 203 Å². The zero-order chi connectivity index (χ0) is 24.9. The van der Waals surface area contributed by atoms with E-state index in [1.54, 1.807) is 0 Å². The first-order valence-electron chi connectivity index (χ1n) is 13.1. The van der Waals surface area contributed by atoms with Crippen LogP contribution in [0, 0.1) is 46.3 Å². The third-order valence-electron chi connectivity index (χ3n) is 10.7. The van der Waals surface area contributed by atoms with E-state index in [0.29, 0.717) is 41.9 Å². The van der Waals surface area contributed by atoms with E-state index in [0.717, 1.165) is 51.4 Å². The third-order valence-corrected chi connectivity index (χ3v) is 11.1. The smallest absolute Gasteiger partial charge is 0.438 e. The van der Waals surface area contributed by atoms with Gasteiger partial charge in [-0.05, 0) is 104 Å². The maximum Gasteiger partial charge on any atom is 0.472 e. The number of esters is 1. The average Bonchev–Trinajstić information content (AvgIpc) is 3.09. The van der Waals surface area contributed by atoms with Gasteiger partial charge >= 0.3 is 13.8 Å². The average molecular weight is 503 g/mol. The molecule has 4 aliphatic rings. The number of rotatable bonds is 7. The first kappa shape index (κ1) is 26.6. The Morgan fingerprint density at radius 1 is 1.03 bits per heavy atom. The number of ether oxygens (including phenoxy) is 1. The topological polar surface area (TPSA) is 134 Å². The van der Waals surface area contributed by atoms with E-state index < -0.39 is 20.6 Å². The predicted octanol–water partition coefficient (Wildman–Crippen LogP) is 4.00. The van der Waals surface area contributed by atoms with Crippen LogP contribution in [0.15, 0.2) is 0 Å². The minimum Gasteiger partial charge on any atom is -0.438 e. The van der Waals surface area contributed by atoms with Crippen LogP contribution in [-0.2, 0) is 18.6 Å². The number of carbonyl (C=O) groups is 1. The molecule has 0 aliphatic heterocycles. The number of hydrogen-bond donors (Lipinski definition) is 4. The van der Waals surface area contributed by atoms with Gasteiger partial charge in [0.05, 0.1) is 12.2 Å². The van der Waals surface area contributed by atoms with E-state index in [1.807, 2.05) is 0 Å². The molecule has 4 rings (SSSR count). The van der Waals surface area contributed by atoms with Crippen molar-refractivity contribution in [3.63, 3.8) is 0 Å². The van der Waals surface area contributed by atoms with Crippen molar-refractivity contribution in [3.05, 3.63) is 0 Å². The monoisotopic (exact) mass is 502 g/mol. The van der Waals surface area contributed by atoms with E-state index in [-0.39, 0.29) is 29.5 Å². The lowest BCUT2D eigenvalue weighted by atomic mass is 9.43. The molecule has 9 heteroatoms. The number of carbonyl (C=O) groups excluding carboxylic acids is 1. The quantitative estimate of drug-likeness (QED) is 0.233. The van der Waals surface area contributed by atoms with Gasteiger partial charge in [-0.3, -0.25) is 4.79 Å². The molecular weight excluding hydrogens is 459 g/mol. The molecule has 0 spiro atoms. The second kappa shape index (κ2) is 9.75. The summed E-state index contributed by atoms with van der Waals surface area (Å²) >= 11 is 0. The van der Waals surface area contributed by atoms with E-state index in [2.05, 4.69) is 25.3 Å². The van der Waals surface area contributed by atoms with Crippen LogP contribution in [0.4, 0.5) is 0 Å². The summed E-state index contributed by atoms with van der Waals surface area (Å²) < 4.78 is 19.7. The van der Waals surface area contributed by atoms with Crippen LogP contribution in [-0.4, -0.2) is 45.0 Å². The molecule has 4 fully saturated rings. The highest BCUT2D eigenvalue weighted by molar-refractivity contribution is 7.46. The van der Waals surface area contributed by atoms with Crippen LogP contribution in [0.25, 0.3) is 0 Å². The van der Waals surface area contributed by atoms with Gasteiger partial charge in [-0.2, -0.15) is 0 Å². The van der Waals surface area contributed by atoms with Gasteiger partial charge in [-0.15, -0.1) is 0 Å². The summed E-state index contributed by atoms with van der Waals surface area (Å²) in [6, 6.07) is 0. The molecule has 0 aromatic rings. The molecule has 0 radical (unpaired) electrons. The lowest BCUT2D eigenvalue weighted by molar-refractivity contribution is -0.174. The largest absolute Gasteiger partial charge is 0.472 e. The third kappa shape index (κ3) is 5.01. The normalized spacial score (nSPS) is 45.1. The van der Waals surface area contributed by atoms with Crippen LogP contribution in [0.1, 0.15) is 85.0 Å². The van der Waals surface area contributed by atoms with Gasteiger partial charge in [0.2, 0.25) is 6.79 Å². The fraction of sp³-hybridized carbons (Fsp3) is 0.960. The van der Waals surface area contributed by atoms with E-state index >= 15 is 0 Å². The summed E-state index contributed by atoms with van der Waals surface area (Å²) in [6.45, 7) is 6.28. The van der Waals surface area contributed by atoms with Crippen molar-refractivity contribution in [1.82, 2.24) is 0 Å². The molecule has 4 N–H and O–H groups in total. The lowest BCUT2D eigenvalue weighted by Crippen LogP contribution is -2.58. The maximum atomic E-state index is 12.0. The highest BCUT2D eigenvalue weighted by Gasteiger charge is 2.62. The number of hydrogen-bond acceptors (Lipinski definition) is 6. The molecule has 0 saturated heterocycles. The summed E-state index contributed by atoms with van der Waals surface area (Å²) in [5.41, 5.74) is 0.361. The number of phosphoric ester groups is 1. The molecule has 0 heterocycles. The van der Waals surface area contributed by atoms with Crippen LogP contribution in [0.5, 0.6) is 0 Å². The van der Waals surface area contributed by atoms with Gasteiger partial charge in [-0.1, -0.05) is 20.8 Å². The van der Waals surface area contributed by atoms with Gasteiger partial charge in [0, 0.05) is 6.42 Å². The first-order chi connectivity index (χ1) is 15.8. The summed E-state index contributed by atoms with van der Waals surface area (Å²) in [7, 11) is -4.65. The molecule has 0 aromatic heterocycles. The Bertz CT molecular complexity index is 800. The second-order valence-corrected chi connectivity index (χ2v) is 13.5. The van der Waals surface area contributed by atoms with E-state index in [9.17, 15) is 19.6 Å². The fourth-order valence-electron chi connectivity index (χ4n) is 8.96. The highest BCUT2D eigenvalue weighted by atomic mass is 31.2. The molecule has 0 unspecified atom stereocenters. The molecule has 0 amide bonds. The van der Waals surface area contributed by atoms with Crippen molar-refractivity contribution in [1.29, 1.82) is 0 Å². The zero-order valence-corrected chi connectivity index (χ0v) is 21.7. The Morgan fingerprint density at radius 3 is 2.41 bits per heavy atom. The van der Waals surface area contributed by atoms with Gasteiger partial charge in [0.15, 0.2) is 0 Å². The maximum absolute atomic E-state index is 12.0. The number of fused-ring (bicyclic) bond motifs is 5. The zero-order valence-electron chi connectivity index (χ0n) is 20.8. The fourth-order valence-corrected chi connectivity index (χ4v) is 9.15. The molecule has 4 saturated carbocycles. The molecule has 0 bridgehead atoms. The minimum absolute atomic E-state index is 0.145. The van der Waals surface area contributed by atoms with E-state index in [4.69, 9.17) is 14.5 Å². The molecule has 10 atom stereocenters. The van der Waals surface area contributed by atoms with Crippen LogP contribution < -0.4 is 0 Å². The molecule has 4 aliphatic carbocycles. The summed E-state index contributed by atoms with van der Waals surface area (Å²) in [5.74, 6) is 2.02. The van der Waals surface area contributed by atoms with E-state index in [1.165, 1.54) is 0 Å². The molecule has 0 aromatic carbocycles. The van der Waals surface area contributed by atoms with Gasteiger partial charge in [0.1, 0.15) is 0 Å². The summed E-state index contributed by atoms with van der Waals surface area (Å²) in [6.07, 6.45) is 8.41. The van der Waals surface area contributed by atoms with Crippen molar-refractivity contribution >= 4 is 13.8 Å². The second-order valence-electron chi connectivity index (χ2n) is 12.2. The van der Waals surface area contributed by atoms with Crippen LogP contribution >= 0.6 is 7.82 Å². The number of phosphoric acid groups is 1. The Morgan fingerprint density at radius 2 is 1.71 bits per heavy atom. The highest BCUT2D eigenvalue weighted by Crippen LogP contribution is 2.68. The number of aliphatic hydroxyl groups is 2. The molecular formula is C25H43O8P. The standard InChI is InChI=1S/C25H43O8P/c1-15(4-7-22(28)32-14-33-34(29,30)31)18-5-6-19-23-20(9-11-25(18,19)3)24(2)10-8-17(26)12-16(24)13-21(23)27/h15-21,23,26-27H,4-14H2,1-3H3,(H2,29,30,31)/t15-,16+,17-,18-,19+,20+,21+,23+,24+,25-/m1/s1. The van der Waals surface area contributed by atoms with Gasteiger partial charge in [0.25, 0.3) is 0 Å². The van der Waals surface area contributed by atoms with Crippen molar-refractivity contribution in [2.75, 3.05) is 6.79 Å². The molecule has 196 valence electrons. The summed E-state index contributed by atoms with van der Waals surface area (Å²) in [4.78, 5) is 29.4. The van der Waals surface area contributed by atoms with Gasteiger partial charge < -0.3 is 24.7 Å². The SMILES string of the molecule is C[C@H](CCC(=O)OCOP(=O)(O)O)[C@H]1CC[C@H]2[C@@H]3[C@@H](O)C[C@@H]4C[C@H](O)CC[C@]4(C)[C@H]3CC[C@]12C. The molecule has 8 nitrogen and oxygen atoms in total. The van der Waals surface area contributed by atoms with Crippen molar-refractivity contribution < 1.29 is 38.6 Å². The Kier molecular flexibility index (Phi) is 7.62. The van der Waals surface area contributed by atoms with Crippen LogP contribution in [0.2, 0.25) is 0 Å². The van der Waals surface area contributed by atoms with Crippen LogP contribution in [0.3, 0.4) is 0 Å². The Balaban J connectivity index is 1.38. The van der Waals surface area contributed by atoms with Crippen molar-refractivity contribution in [2.45, 2.75) is 97.2 Å². The first-order valence-corrected chi connectivity index (χ1v) is 14.6. The van der Waals surface area contributed by atoms with Crippen molar-refractivity contribution in [3.8, 4) is 0 Å². The Hall–Kier alpha value is -0.500. The molecule has 34 heavy (non-hydrogen) atoms. The number of aliphatic hydroxyl groups excluding tert-OH is 2. The lowest BCUT2D eigenvalue weighted by Gasteiger charge is -2.62. The minimum atomic E-state index is -4.65. The van der Waals surface area contributed by atoms with Gasteiger partial charge in [-0.25, -0.2) is 9.09 Å². The predicted molar refractivity (Wildman–Crippen MR) is 125 cm³/mol. The van der Waals surface area contributed by atoms with Crippen molar-refractivity contribution in [2.24, 2.45) is 46.3 Å².